The summed E-state index contributed by atoms with van der Waals surface area (Å²) in [6.07, 6.45) is 0. The van der Waals surface area contributed by atoms with E-state index in [0.29, 0.717) is 11.6 Å². The normalized spacial score (nSPS) is 10.5. The third-order valence-electron chi connectivity index (χ3n) is 3.05. The minimum absolute atomic E-state index is 0.117. The van der Waals surface area contributed by atoms with E-state index < -0.39 is 5.97 Å². The fraction of sp³-hybridized carbons (Fsp3) is 0.0667. The van der Waals surface area contributed by atoms with Crippen LogP contribution in [0.15, 0.2) is 53.0 Å². The van der Waals surface area contributed by atoms with Crippen LogP contribution in [-0.4, -0.2) is 31.3 Å². The molecule has 0 saturated heterocycles. The predicted octanol–water partition coefficient (Wildman–Crippen LogP) is 2.70. The van der Waals surface area contributed by atoms with E-state index in [4.69, 9.17) is 9.84 Å². The lowest BCUT2D eigenvalue weighted by molar-refractivity contribution is 0.0696. The zero-order valence-corrected chi connectivity index (χ0v) is 13.3. The molecule has 1 N–H and O–H groups in total. The number of carboxylic acids is 1. The number of benzene rings is 2. The van der Waals surface area contributed by atoms with Crippen LogP contribution in [0.1, 0.15) is 16.2 Å². The summed E-state index contributed by atoms with van der Waals surface area (Å²) in [5.74, 6) is -0.0570. The molecule has 0 spiro atoms. The molecule has 23 heavy (non-hydrogen) atoms. The van der Waals surface area contributed by atoms with Gasteiger partial charge in [0.1, 0.15) is 12.4 Å². The van der Waals surface area contributed by atoms with Crippen molar-refractivity contribution < 1.29 is 14.6 Å². The van der Waals surface area contributed by atoms with Gasteiger partial charge in [-0.1, -0.05) is 22.0 Å². The Morgan fingerprint density at radius 1 is 1.22 bits per heavy atom. The van der Waals surface area contributed by atoms with E-state index >= 15 is 0 Å². The quantitative estimate of drug-likeness (QED) is 0.738. The molecule has 116 valence electrons. The zero-order valence-electron chi connectivity index (χ0n) is 11.8. The fourth-order valence-electron chi connectivity index (χ4n) is 1.95. The van der Waals surface area contributed by atoms with Crippen LogP contribution in [0.2, 0.25) is 0 Å². The number of hydrogen-bond acceptors (Lipinski definition) is 5. The van der Waals surface area contributed by atoms with E-state index in [1.54, 1.807) is 16.8 Å². The molecule has 0 aliphatic heterocycles. The van der Waals surface area contributed by atoms with Crippen LogP contribution >= 0.6 is 15.9 Å². The molecule has 1 heterocycles. The number of carboxylic acid groups (broad SMARTS) is 1. The van der Waals surface area contributed by atoms with Crippen molar-refractivity contribution >= 4 is 21.9 Å². The van der Waals surface area contributed by atoms with Gasteiger partial charge in [-0.05, 0) is 52.9 Å². The Balaban J connectivity index is 1.77. The van der Waals surface area contributed by atoms with Gasteiger partial charge in [0.25, 0.3) is 0 Å². The maximum Gasteiger partial charge on any atom is 0.335 e. The van der Waals surface area contributed by atoms with Crippen LogP contribution in [-0.2, 0) is 6.61 Å². The van der Waals surface area contributed by atoms with Crippen molar-refractivity contribution in [1.82, 2.24) is 20.2 Å². The predicted molar refractivity (Wildman–Crippen MR) is 84.6 cm³/mol. The number of ether oxygens (including phenoxy) is 1. The molecule has 3 aromatic rings. The molecule has 7 nitrogen and oxygen atoms in total. The lowest BCUT2D eigenvalue weighted by Gasteiger charge is -2.07. The molecule has 0 aliphatic rings. The molecule has 8 heteroatoms. The third-order valence-corrected chi connectivity index (χ3v) is 3.58. The molecule has 0 unspecified atom stereocenters. The number of tetrazole rings is 1. The summed E-state index contributed by atoms with van der Waals surface area (Å²) in [4.78, 5) is 11.0. The first-order valence-electron chi connectivity index (χ1n) is 6.63. The van der Waals surface area contributed by atoms with Gasteiger partial charge in [0, 0.05) is 4.47 Å². The monoisotopic (exact) mass is 374 g/mol. The van der Waals surface area contributed by atoms with E-state index in [9.17, 15) is 4.79 Å². The van der Waals surface area contributed by atoms with Crippen molar-refractivity contribution in [2.24, 2.45) is 0 Å². The molecule has 0 atom stereocenters. The summed E-state index contributed by atoms with van der Waals surface area (Å²) < 4.78 is 8.11. The van der Waals surface area contributed by atoms with Gasteiger partial charge in [-0.15, -0.1) is 5.10 Å². The fourth-order valence-corrected chi connectivity index (χ4v) is 2.21. The zero-order chi connectivity index (χ0) is 16.2. The highest BCUT2D eigenvalue weighted by Gasteiger charge is 2.10. The average molecular weight is 375 g/mol. The van der Waals surface area contributed by atoms with Crippen LogP contribution in [0.5, 0.6) is 5.75 Å². The van der Waals surface area contributed by atoms with Crippen LogP contribution in [0.3, 0.4) is 0 Å². The van der Waals surface area contributed by atoms with Crippen LogP contribution < -0.4 is 4.74 Å². The first-order valence-corrected chi connectivity index (χ1v) is 7.42. The van der Waals surface area contributed by atoms with Gasteiger partial charge in [0.15, 0.2) is 5.82 Å². The first-order chi connectivity index (χ1) is 11.1. The lowest BCUT2D eigenvalue weighted by atomic mass is 10.2. The van der Waals surface area contributed by atoms with Crippen molar-refractivity contribution in [3.63, 3.8) is 0 Å². The maximum atomic E-state index is 11.0. The minimum atomic E-state index is -1.00. The summed E-state index contributed by atoms with van der Waals surface area (Å²) in [5.41, 5.74) is 0.964. The van der Waals surface area contributed by atoms with Gasteiger partial charge in [0.2, 0.25) is 0 Å². The smallest absolute Gasteiger partial charge is 0.335 e. The second-order valence-corrected chi connectivity index (χ2v) is 5.52. The molecular formula is C15H11BrN4O3. The van der Waals surface area contributed by atoms with Crippen LogP contribution in [0, 0.1) is 0 Å². The number of hydrogen-bond donors (Lipinski definition) is 1. The van der Waals surface area contributed by atoms with E-state index in [2.05, 4.69) is 31.5 Å². The van der Waals surface area contributed by atoms with Crippen molar-refractivity contribution in [3.05, 3.63) is 64.4 Å². The first kappa shape index (κ1) is 15.2. The van der Waals surface area contributed by atoms with E-state index in [0.717, 1.165) is 10.2 Å². The number of carbonyl (C=O) groups is 1. The molecule has 0 bridgehead atoms. The van der Waals surface area contributed by atoms with Crippen LogP contribution in [0.25, 0.3) is 5.69 Å². The van der Waals surface area contributed by atoms with E-state index in [1.807, 2.05) is 24.3 Å². The molecule has 0 radical (unpaired) electrons. The Morgan fingerprint density at radius 2 is 2.00 bits per heavy atom. The SMILES string of the molecule is O=C(O)c1cccc(OCc2nnnn2-c2ccc(Br)cc2)c1. The summed E-state index contributed by atoms with van der Waals surface area (Å²) in [5, 5.41) is 20.5. The number of rotatable bonds is 5. The van der Waals surface area contributed by atoms with E-state index in [-0.39, 0.29) is 12.2 Å². The highest BCUT2D eigenvalue weighted by molar-refractivity contribution is 9.10. The van der Waals surface area contributed by atoms with E-state index in [1.165, 1.54) is 12.1 Å². The Bertz CT molecular complexity index is 833. The second kappa shape index (κ2) is 6.57. The highest BCUT2D eigenvalue weighted by atomic mass is 79.9. The minimum Gasteiger partial charge on any atom is -0.486 e. The van der Waals surface area contributed by atoms with Gasteiger partial charge >= 0.3 is 5.97 Å². The molecule has 0 fully saturated rings. The molecule has 0 saturated carbocycles. The topological polar surface area (TPSA) is 90.1 Å². The van der Waals surface area contributed by atoms with Gasteiger partial charge in [-0.3, -0.25) is 0 Å². The molecule has 3 rings (SSSR count). The van der Waals surface area contributed by atoms with Gasteiger partial charge < -0.3 is 9.84 Å². The molecule has 0 aliphatic carbocycles. The van der Waals surface area contributed by atoms with Crippen molar-refractivity contribution in [2.45, 2.75) is 6.61 Å². The maximum absolute atomic E-state index is 11.0. The van der Waals surface area contributed by atoms with Crippen molar-refractivity contribution in [2.75, 3.05) is 0 Å². The van der Waals surface area contributed by atoms with Crippen molar-refractivity contribution in [1.29, 1.82) is 0 Å². The summed E-state index contributed by atoms with van der Waals surface area (Å²) >= 11 is 3.37. The highest BCUT2D eigenvalue weighted by Crippen LogP contribution is 2.17. The molecule has 2 aromatic carbocycles. The van der Waals surface area contributed by atoms with Crippen molar-refractivity contribution in [3.8, 4) is 11.4 Å². The lowest BCUT2D eigenvalue weighted by Crippen LogP contribution is -2.07. The summed E-state index contributed by atoms with van der Waals surface area (Å²) in [6.45, 7) is 0.117. The molecular weight excluding hydrogens is 364 g/mol. The Labute approximate surface area is 139 Å². The summed E-state index contributed by atoms with van der Waals surface area (Å²) in [7, 11) is 0. The van der Waals surface area contributed by atoms with Gasteiger partial charge in [0.05, 0.1) is 11.3 Å². The Morgan fingerprint density at radius 3 is 2.74 bits per heavy atom. The third kappa shape index (κ3) is 3.54. The largest absolute Gasteiger partial charge is 0.486 e. The van der Waals surface area contributed by atoms with Gasteiger partial charge in [-0.2, -0.15) is 4.68 Å². The Hall–Kier alpha value is -2.74. The second-order valence-electron chi connectivity index (χ2n) is 4.60. The number of aromatic nitrogens is 4. The average Bonchev–Trinajstić information content (AvgIpc) is 3.02. The standard InChI is InChI=1S/C15H11BrN4O3/c16-11-4-6-12(7-5-11)20-14(17-18-19-20)9-23-13-3-1-2-10(8-13)15(21)22/h1-8H,9H2,(H,21,22). The number of halogens is 1. The number of aromatic carboxylic acids is 1. The molecule has 1 aromatic heterocycles. The van der Waals surface area contributed by atoms with Crippen LogP contribution in [0.4, 0.5) is 0 Å². The summed E-state index contributed by atoms with van der Waals surface area (Å²) in [6, 6.07) is 13.8. The molecule has 0 amide bonds. The Kier molecular flexibility index (Phi) is 4.33. The number of nitrogens with zero attached hydrogens (tertiary/aromatic N) is 4. The van der Waals surface area contributed by atoms with Gasteiger partial charge in [-0.25, -0.2) is 4.79 Å².